The Balaban J connectivity index is 1.55. The average molecular weight is 323 g/mol. The highest BCUT2D eigenvalue weighted by atomic mass is 16.5. The SMILES string of the molecule is Cc1noc(-c2ccc3c(c2)CCC3NC(=O)c2cnn(C)c2)n1. The average Bonchev–Trinajstić information content (AvgIpc) is 3.28. The van der Waals surface area contributed by atoms with Crippen molar-refractivity contribution in [3.63, 3.8) is 0 Å². The fourth-order valence-corrected chi connectivity index (χ4v) is 3.09. The van der Waals surface area contributed by atoms with E-state index in [0.29, 0.717) is 17.3 Å². The third-order valence-electron chi connectivity index (χ3n) is 4.27. The summed E-state index contributed by atoms with van der Waals surface area (Å²) in [5, 5.41) is 10.9. The summed E-state index contributed by atoms with van der Waals surface area (Å²) in [4.78, 5) is 16.6. The van der Waals surface area contributed by atoms with Gasteiger partial charge in [-0.3, -0.25) is 9.48 Å². The zero-order chi connectivity index (χ0) is 16.7. The molecule has 1 atom stereocenters. The molecule has 2 aromatic heterocycles. The molecular weight excluding hydrogens is 306 g/mol. The van der Waals surface area contributed by atoms with Crippen LogP contribution in [0, 0.1) is 6.92 Å². The van der Waals surface area contributed by atoms with Crippen LogP contribution in [-0.2, 0) is 13.5 Å². The Bertz CT molecular complexity index is 911. The molecule has 0 spiro atoms. The topological polar surface area (TPSA) is 85.8 Å². The summed E-state index contributed by atoms with van der Waals surface area (Å²) in [6.07, 6.45) is 5.08. The van der Waals surface area contributed by atoms with Crippen LogP contribution >= 0.6 is 0 Å². The van der Waals surface area contributed by atoms with Crippen LogP contribution in [0.5, 0.6) is 0 Å². The van der Waals surface area contributed by atoms with Crippen molar-refractivity contribution in [3.05, 3.63) is 53.1 Å². The molecule has 0 saturated heterocycles. The van der Waals surface area contributed by atoms with E-state index < -0.39 is 0 Å². The Morgan fingerprint density at radius 3 is 3.00 bits per heavy atom. The molecule has 1 N–H and O–H groups in total. The fraction of sp³-hybridized carbons (Fsp3) is 0.294. The van der Waals surface area contributed by atoms with Gasteiger partial charge in [-0.15, -0.1) is 0 Å². The second kappa shape index (κ2) is 5.59. The van der Waals surface area contributed by atoms with Crippen molar-refractivity contribution in [1.82, 2.24) is 25.2 Å². The highest BCUT2D eigenvalue weighted by Crippen LogP contribution is 2.34. The first-order chi connectivity index (χ1) is 11.6. The number of aryl methyl sites for hydroxylation is 3. The monoisotopic (exact) mass is 323 g/mol. The summed E-state index contributed by atoms with van der Waals surface area (Å²) in [5.41, 5.74) is 3.84. The predicted molar refractivity (Wildman–Crippen MR) is 86.2 cm³/mol. The molecule has 24 heavy (non-hydrogen) atoms. The molecule has 7 nitrogen and oxygen atoms in total. The Morgan fingerprint density at radius 1 is 1.42 bits per heavy atom. The highest BCUT2D eigenvalue weighted by molar-refractivity contribution is 5.94. The largest absolute Gasteiger partial charge is 0.345 e. The number of carbonyl (C=O) groups is 1. The number of benzene rings is 1. The maximum Gasteiger partial charge on any atom is 0.257 e. The van der Waals surface area contributed by atoms with Gasteiger partial charge in [0.15, 0.2) is 5.82 Å². The summed E-state index contributed by atoms with van der Waals surface area (Å²) in [6, 6.07) is 6.08. The molecule has 1 amide bonds. The van der Waals surface area contributed by atoms with Crippen molar-refractivity contribution in [2.24, 2.45) is 7.05 Å². The van der Waals surface area contributed by atoms with Crippen LogP contribution in [0.15, 0.2) is 35.1 Å². The first kappa shape index (κ1) is 14.6. The maximum absolute atomic E-state index is 12.3. The highest BCUT2D eigenvalue weighted by Gasteiger charge is 2.25. The zero-order valence-electron chi connectivity index (χ0n) is 13.5. The zero-order valence-corrected chi connectivity index (χ0v) is 13.5. The van der Waals surface area contributed by atoms with Crippen molar-refractivity contribution in [2.75, 3.05) is 0 Å². The quantitative estimate of drug-likeness (QED) is 0.798. The number of hydrogen-bond acceptors (Lipinski definition) is 5. The third-order valence-corrected chi connectivity index (χ3v) is 4.27. The molecule has 122 valence electrons. The van der Waals surface area contributed by atoms with Crippen LogP contribution in [0.4, 0.5) is 0 Å². The summed E-state index contributed by atoms with van der Waals surface area (Å²) in [7, 11) is 1.79. The van der Waals surface area contributed by atoms with Gasteiger partial charge in [-0.2, -0.15) is 10.1 Å². The van der Waals surface area contributed by atoms with E-state index in [1.807, 2.05) is 12.1 Å². The lowest BCUT2D eigenvalue weighted by molar-refractivity contribution is 0.0936. The van der Waals surface area contributed by atoms with Gasteiger partial charge >= 0.3 is 0 Å². The van der Waals surface area contributed by atoms with Crippen molar-refractivity contribution >= 4 is 5.91 Å². The van der Waals surface area contributed by atoms with Gasteiger partial charge < -0.3 is 9.84 Å². The van der Waals surface area contributed by atoms with Crippen LogP contribution in [0.3, 0.4) is 0 Å². The van der Waals surface area contributed by atoms with Crippen LogP contribution in [-0.4, -0.2) is 25.8 Å². The molecule has 3 aromatic rings. The maximum atomic E-state index is 12.3. The number of nitrogens with zero attached hydrogens (tertiary/aromatic N) is 4. The molecule has 1 aliphatic rings. The number of nitrogens with one attached hydrogen (secondary N) is 1. The number of rotatable bonds is 3. The molecule has 0 bridgehead atoms. The van der Waals surface area contributed by atoms with Gasteiger partial charge in [0.2, 0.25) is 0 Å². The molecule has 1 aromatic carbocycles. The molecule has 2 heterocycles. The van der Waals surface area contributed by atoms with Crippen LogP contribution in [0.25, 0.3) is 11.5 Å². The Kier molecular flexibility index (Phi) is 3.41. The lowest BCUT2D eigenvalue weighted by atomic mass is 10.0. The van der Waals surface area contributed by atoms with Crippen LogP contribution in [0.2, 0.25) is 0 Å². The van der Waals surface area contributed by atoms with Crippen LogP contribution in [0.1, 0.15) is 39.8 Å². The fourth-order valence-electron chi connectivity index (χ4n) is 3.09. The Hall–Kier alpha value is -2.96. The third kappa shape index (κ3) is 2.58. The molecule has 0 aliphatic heterocycles. The summed E-state index contributed by atoms with van der Waals surface area (Å²) >= 11 is 0. The summed E-state index contributed by atoms with van der Waals surface area (Å²) in [5.74, 6) is 1.04. The van der Waals surface area contributed by atoms with Gasteiger partial charge in [0.05, 0.1) is 17.8 Å². The van der Waals surface area contributed by atoms with E-state index in [-0.39, 0.29) is 11.9 Å². The van der Waals surface area contributed by atoms with Crippen LogP contribution < -0.4 is 5.32 Å². The minimum absolute atomic E-state index is 0.0196. The Labute approximate surface area is 138 Å². The van der Waals surface area contributed by atoms with E-state index in [1.165, 1.54) is 5.56 Å². The molecular formula is C17H17N5O2. The van der Waals surface area contributed by atoms with E-state index in [1.54, 1.807) is 31.0 Å². The lowest BCUT2D eigenvalue weighted by Crippen LogP contribution is -2.26. The van der Waals surface area contributed by atoms with E-state index in [4.69, 9.17) is 4.52 Å². The summed E-state index contributed by atoms with van der Waals surface area (Å²) in [6.45, 7) is 1.80. The number of amides is 1. The smallest absolute Gasteiger partial charge is 0.257 e. The van der Waals surface area contributed by atoms with Gasteiger partial charge in [0, 0.05) is 18.8 Å². The van der Waals surface area contributed by atoms with Gasteiger partial charge in [0.1, 0.15) is 0 Å². The lowest BCUT2D eigenvalue weighted by Gasteiger charge is -2.13. The van der Waals surface area contributed by atoms with Crippen molar-refractivity contribution < 1.29 is 9.32 Å². The first-order valence-electron chi connectivity index (χ1n) is 7.83. The minimum atomic E-state index is -0.0995. The second-order valence-electron chi connectivity index (χ2n) is 6.03. The standard InChI is InChI=1S/C17H17N5O2/c1-10-19-17(24-21-10)12-3-5-14-11(7-12)4-6-15(14)20-16(23)13-8-18-22(2)9-13/h3,5,7-9,15H,4,6H2,1-2H3,(H,20,23). The van der Waals surface area contributed by atoms with E-state index in [2.05, 4.69) is 26.6 Å². The van der Waals surface area contributed by atoms with Crippen molar-refractivity contribution in [2.45, 2.75) is 25.8 Å². The normalized spacial score (nSPS) is 16.2. The number of aromatic nitrogens is 4. The second-order valence-corrected chi connectivity index (χ2v) is 6.03. The molecule has 0 radical (unpaired) electrons. The Morgan fingerprint density at radius 2 is 2.29 bits per heavy atom. The molecule has 0 fully saturated rings. The number of hydrogen-bond donors (Lipinski definition) is 1. The summed E-state index contributed by atoms with van der Waals surface area (Å²) < 4.78 is 6.84. The van der Waals surface area contributed by atoms with E-state index in [9.17, 15) is 4.79 Å². The predicted octanol–water partition coefficient (Wildman–Crippen LogP) is 2.20. The number of fused-ring (bicyclic) bond motifs is 1. The molecule has 1 unspecified atom stereocenters. The van der Waals surface area contributed by atoms with Gasteiger partial charge in [-0.05, 0) is 43.0 Å². The van der Waals surface area contributed by atoms with Gasteiger partial charge in [-0.1, -0.05) is 11.2 Å². The molecule has 7 heteroatoms. The van der Waals surface area contributed by atoms with Gasteiger partial charge in [0.25, 0.3) is 11.8 Å². The number of carbonyl (C=O) groups excluding carboxylic acids is 1. The minimum Gasteiger partial charge on any atom is -0.345 e. The van der Waals surface area contributed by atoms with E-state index in [0.717, 1.165) is 24.0 Å². The van der Waals surface area contributed by atoms with Crippen molar-refractivity contribution in [1.29, 1.82) is 0 Å². The van der Waals surface area contributed by atoms with E-state index >= 15 is 0 Å². The van der Waals surface area contributed by atoms with Gasteiger partial charge in [-0.25, -0.2) is 0 Å². The van der Waals surface area contributed by atoms with Crippen molar-refractivity contribution in [3.8, 4) is 11.5 Å². The molecule has 1 aliphatic carbocycles. The molecule has 4 rings (SSSR count). The first-order valence-corrected chi connectivity index (χ1v) is 7.83. The molecule has 0 saturated carbocycles.